The Morgan fingerprint density at radius 1 is 1.38 bits per heavy atom. The van der Waals surface area contributed by atoms with Crippen molar-refractivity contribution in [2.75, 3.05) is 26.8 Å². The van der Waals surface area contributed by atoms with Gasteiger partial charge in [-0.2, -0.15) is 0 Å². The van der Waals surface area contributed by atoms with Crippen LogP contribution in [0, 0.1) is 0 Å². The summed E-state index contributed by atoms with van der Waals surface area (Å²) < 4.78 is 5.13. The van der Waals surface area contributed by atoms with Gasteiger partial charge in [-0.15, -0.1) is 0 Å². The molecule has 7 heteroatoms. The number of piperazine rings is 1. The second-order valence-corrected chi connectivity index (χ2v) is 4.37. The average Bonchev–Trinajstić information content (AvgIpc) is 2.54. The van der Waals surface area contributed by atoms with Crippen LogP contribution in [0.4, 0.5) is 4.79 Å². The Hall–Kier alpha value is -2.12. The number of nitrogens with zero attached hydrogens (tertiary/aromatic N) is 1. The molecule has 1 atom stereocenters. The van der Waals surface area contributed by atoms with E-state index in [2.05, 4.69) is 5.32 Å². The van der Waals surface area contributed by atoms with Gasteiger partial charge in [0.25, 0.3) is 0 Å². The summed E-state index contributed by atoms with van der Waals surface area (Å²) in [6.45, 7) is 0.190. The fourth-order valence-corrected chi connectivity index (χ4v) is 1.88. The first-order chi connectivity index (χ1) is 10.2. The summed E-state index contributed by atoms with van der Waals surface area (Å²) in [4.78, 5) is 24.5. The van der Waals surface area contributed by atoms with Gasteiger partial charge in [0.2, 0.25) is 5.91 Å². The van der Waals surface area contributed by atoms with Crippen molar-refractivity contribution < 1.29 is 24.5 Å². The molecule has 1 aromatic carbocycles. The van der Waals surface area contributed by atoms with Crippen LogP contribution in [0.25, 0.3) is 0 Å². The standard InChI is InChI=1S/C13H16N2O4.CH4O/c16-8-11-6-15(7-12(17)14-11)13(18)19-9-10-4-2-1-3-5-10;1-2/h1-5,11,16H,6-9H2,(H,14,17);2H,1H3/t11-;/m1./s1. The Kier molecular flexibility index (Phi) is 7.20. The largest absolute Gasteiger partial charge is 0.445 e. The number of carbonyl (C=O) groups is 2. The lowest BCUT2D eigenvalue weighted by Crippen LogP contribution is -2.57. The highest BCUT2D eigenvalue weighted by Gasteiger charge is 2.28. The number of benzene rings is 1. The van der Waals surface area contributed by atoms with E-state index < -0.39 is 12.1 Å². The van der Waals surface area contributed by atoms with Crippen molar-refractivity contribution in [3.8, 4) is 0 Å². The number of rotatable bonds is 3. The molecule has 0 unspecified atom stereocenters. The average molecular weight is 296 g/mol. The lowest BCUT2D eigenvalue weighted by Gasteiger charge is -2.31. The van der Waals surface area contributed by atoms with Crippen molar-refractivity contribution in [2.24, 2.45) is 0 Å². The first-order valence-corrected chi connectivity index (χ1v) is 6.49. The summed E-state index contributed by atoms with van der Waals surface area (Å²) in [7, 11) is 1.00. The van der Waals surface area contributed by atoms with E-state index in [1.54, 1.807) is 0 Å². The number of aliphatic hydroxyl groups is 2. The van der Waals surface area contributed by atoms with Crippen LogP contribution in [0.5, 0.6) is 0 Å². The third kappa shape index (κ3) is 5.41. The maximum absolute atomic E-state index is 11.8. The van der Waals surface area contributed by atoms with Crippen LogP contribution >= 0.6 is 0 Å². The van der Waals surface area contributed by atoms with Gasteiger partial charge in [0.15, 0.2) is 0 Å². The summed E-state index contributed by atoms with van der Waals surface area (Å²) in [5, 5.41) is 18.6. The smallest absolute Gasteiger partial charge is 0.410 e. The third-order valence-electron chi connectivity index (χ3n) is 2.82. The predicted octanol–water partition coefficient (Wildman–Crippen LogP) is -0.276. The molecule has 0 bridgehead atoms. The third-order valence-corrected chi connectivity index (χ3v) is 2.82. The number of carbonyl (C=O) groups excluding carboxylic acids is 2. The summed E-state index contributed by atoms with van der Waals surface area (Å²) >= 11 is 0. The molecule has 0 saturated carbocycles. The molecule has 0 aromatic heterocycles. The number of aliphatic hydroxyl groups excluding tert-OH is 2. The van der Waals surface area contributed by atoms with E-state index in [0.717, 1.165) is 12.7 Å². The van der Waals surface area contributed by atoms with Gasteiger partial charge in [0.1, 0.15) is 13.2 Å². The highest BCUT2D eigenvalue weighted by atomic mass is 16.6. The molecule has 0 radical (unpaired) electrons. The molecule has 1 aliphatic heterocycles. The summed E-state index contributed by atoms with van der Waals surface area (Å²) in [6, 6.07) is 8.88. The first kappa shape index (κ1) is 16.9. The second-order valence-electron chi connectivity index (χ2n) is 4.37. The van der Waals surface area contributed by atoms with Gasteiger partial charge in [-0.3, -0.25) is 9.69 Å². The van der Waals surface area contributed by atoms with Crippen molar-refractivity contribution in [1.29, 1.82) is 0 Å². The molecule has 1 saturated heterocycles. The van der Waals surface area contributed by atoms with Crippen LogP contribution < -0.4 is 5.32 Å². The Balaban J connectivity index is 0.00000106. The van der Waals surface area contributed by atoms with Gasteiger partial charge in [-0.05, 0) is 5.56 Å². The molecular formula is C14H20N2O5. The molecule has 21 heavy (non-hydrogen) atoms. The van der Waals surface area contributed by atoms with Crippen LogP contribution in [0.2, 0.25) is 0 Å². The van der Waals surface area contributed by atoms with Gasteiger partial charge in [-0.25, -0.2) is 4.79 Å². The second kappa shape index (κ2) is 8.93. The first-order valence-electron chi connectivity index (χ1n) is 6.49. The predicted molar refractivity (Wildman–Crippen MR) is 75.4 cm³/mol. The molecular weight excluding hydrogens is 276 g/mol. The lowest BCUT2D eigenvalue weighted by molar-refractivity contribution is -0.125. The Bertz CT molecular complexity index is 452. The topological polar surface area (TPSA) is 99.1 Å². The van der Waals surface area contributed by atoms with E-state index in [9.17, 15) is 9.59 Å². The molecule has 3 N–H and O–H groups in total. The Morgan fingerprint density at radius 3 is 2.67 bits per heavy atom. The van der Waals surface area contributed by atoms with Crippen molar-refractivity contribution in [2.45, 2.75) is 12.6 Å². The van der Waals surface area contributed by atoms with Crippen molar-refractivity contribution in [1.82, 2.24) is 10.2 Å². The highest BCUT2D eigenvalue weighted by Crippen LogP contribution is 2.06. The van der Waals surface area contributed by atoms with E-state index in [1.807, 2.05) is 30.3 Å². The van der Waals surface area contributed by atoms with E-state index in [1.165, 1.54) is 4.90 Å². The maximum Gasteiger partial charge on any atom is 0.410 e. The molecule has 7 nitrogen and oxygen atoms in total. The van der Waals surface area contributed by atoms with Gasteiger partial charge in [0, 0.05) is 13.7 Å². The van der Waals surface area contributed by atoms with Gasteiger partial charge < -0.3 is 20.3 Å². The molecule has 0 aliphatic carbocycles. The summed E-state index contributed by atoms with van der Waals surface area (Å²) in [5.41, 5.74) is 0.885. The van der Waals surface area contributed by atoms with Crippen molar-refractivity contribution in [3.63, 3.8) is 0 Å². The summed E-state index contributed by atoms with van der Waals surface area (Å²) in [5.74, 6) is -0.290. The van der Waals surface area contributed by atoms with Crippen LogP contribution in [0.1, 0.15) is 5.56 Å². The SMILES string of the molecule is CO.O=C1CN(C(=O)OCc2ccccc2)C[C@H](CO)N1. The monoisotopic (exact) mass is 296 g/mol. The zero-order valence-electron chi connectivity index (χ0n) is 11.9. The quantitative estimate of drug-likeness (QED) is 0.713. The number of amides is 2. The Labute approximate surface area is 123 Å². The van der Waals surface area contributed by atoms with Crippen molar-refractivity contribution in [3.05, 3.63) is 35.9 Å². The van der Waals surface area contributed by atoms with Crippen LogP contribution in [0.3, 0.4) is 0 Å². The van der Waals surface area contributed by atoms with Crippen LogP contribution in [0.15, 0.2) is 30.3 Å². The van der Waals surface area contributed by atoms with E-state index >= 15 is 0 Å². The van der Waals surface area contributed by atoms with Crippen LogP contribution in [-0.2, 0) is 16.1 Å². The summed E-state index contributed by atoms with van der Waals surface area (Å²) in [6.07, 6.45) is -0.544. The Morgan fingerprint density at radius 2 is 2.05 bits per heavy atom. The van der Waals surface area contributed by atoms with E-state index in [-0.39, 0.29) is 32.2 Å². The normalized spacial score (nSPS) is 17.4. The minimum absolute atomic E-state index is 0.0376. The number of hydrogen-bond acceptors (Lipinski definition) is 5. The molecule has 2 rings (SSSR count). The van der Waals surface area contributed by atoms with Gasteiger partial charge >= 0.3 is 6.09 Å². The molecule has 1 aliphatic rings. The fraction of sp³-hybridized carbons (Fsp3) is 0.429. The van der Waals surface area contributed by atoms with Gasteiger partial charge in [0.05, 0.1) is 12.6 Å². The van der Waals surface area contributed by atoms with Crippen molar-refractivity contribution >= 4 is 12.0 Å². The highest BCUT2D eigenvalue weighted by molar-refractivity contribution is 5.83. The minimum atomic E-state index is -0.544. The molecule has 0 spiro atoms. The minimum Gasteiger partial charge on any atom is -0.445 e. The molecule has 1 aromatic rings. The van der Waals surface area contributed by atoms with E-state index in [0.29, 0.717) is 0 Å². The fourth-order valence-electron chi connectivity index (χ4n) is 1.88. The van der Waals surface area contributed by atoms with E-state index in [4.69, 9.17) is 14.9 Å². The zero-order chi connectivity index (χ0) is 15.7. The van der Waals surface area contributed by atoms with Gasteiger partial charge in [-0.1, -0.05) is 30.3 Å². The molecule has 2 amide bonds. The zero-order valence-corrected chi connectivity index (χ0v) is 11.9. The lowest BCUT2D eigenvalue weighted by atomic mass is 10.2. The molecule has 1 heterocycles. The molecule has 1 fully saturated rings. The van der Waals surface area contributed by atoms with Crippen LogP contribution in [-0.4, -0.2) is 60.0 Å². The maximum atomic E-state index is 11.8. The number of hydrogen-bond donors (Lipinski definition) is 3. The number of ether oxygens (including phenoxy) is 1. The number of nitrogens with one attached hydrogen (secondary N) is 1. The molecule has 116 valence electrons.